The van der Waals surface area contributed by atoms with Crippen molar-refractivity contribution in [1.82, 2.24) is 15.1 Å². The monoisotopic (exact) mass is 323 g/mol. The number of hydrogen-bond acceptors (Lipinski definition) is 3. The van der Waals surface area contributed by atoms with E-state index in [1.165, 1.54) is 6.42 Å². The summed E-state index contributed by atoms with van der Waals surface area (Å²) in [5, 5.41) is 3.42. The molecule has 2 saturated heterocycles. The number of hydrogen-bond donors (Lipinski definition) is 1. The van der Waals surface area contributed by atoms with Crippen LogP contribution in [0.15, 0.2) is 18.2 Å². The Kier molecular flexibility index (Phi) is 5.84. The fraction of sp³-hybridized carbons (Fsp3) is 0.588. The van der Waals surface area contributed by atoms with Gasteiger partial charge in [-0.3, -0.25) is 9.69 Å². The van der Waals surface area contributed by atoms with Crippen LogP contribution < -0.4 is 5.32 Å². The van der Waals surface area contributed by atoms with E-state index in [4.69, 9.17) is 0 Å². The second-order valence-corrected chi connectivity index (χ2v) is 6.29. The van der Waals surface area contributed by atoms with Crippen molar-refractivity contribution in [2.24, 2.45) is 0 Å². The lowest BCUT2D eigenvalue weighted by molar-refractivity contribution is 0.0583. The number of halogens is 1. The Morgan fingerprint density at radius 2 is 1.91 bits per heavy atom. The van der Waals surface area contributed by atoms with Gasteiger partial charge in [0.25, 0.3) is 5.91 Å². The van der Waals surface area contributed by atoms with E-state index in [1.807, 2.05) is 30.9 Å². The number of piperazine rings is 1. The Bertz CT molecular complexity index is 521. The second-order valence-electron chi connectivity index (χ2n) is 6.29. The summed E-state index contributed by atoms with van der Waals surface area (Å²) in [6, 6.07) is 6.80. The van der Waals surface area contributed by atoms with E-state index in [0.29, 0.717) is 6.04 Å². The average Bonchev–Trinajstić information content (AvgIpc) is 3.03. The number of nitrogens with zero attached hydrogens (tertiary/aromatic N) is 2. The van der Waals surface area contributed by atoms with Crippen molar-refractivity contribution < 1.29 is 4.79 Å². The predicted molar refractivity (Wildman–Crippen MR) is 91.9 cm³/mol. The first-order valence-electron chi connectivity index (χ1n) is 7.96. The Morgan fingerprint density at radius 1 is 1.18 bits per heavy atom. The molecule has 4 nitrogen and oxygen atoms in total. The summed E-state index contributed by atoms with van der Waals surface area (Å²) in [6.07, 6.45) is 1.24. The molecule has 1 unspecified atom stereocenters. The summed E-state index contributed by atoms with van der Waals surface area (Å²) in [5.41, 5.74) is 3.10. The molecular formula is C17H26ClN3O. The van der Waals surface area contributed by atoms with Crippen LogP contribution in [0.1, 0.15) is 27.9 Å². The number of carbonyl (C=O) groups excluding carboxylic acids is 1. The van der Waals surface area contributed by atoms with Crippen LogP contribution in [0.3, 0.4) is 0 Å². The summed E-state index contributed by atoms with van der Waals surface area (Å²) in [6.45, 7) is 10.0. The maximum absolute atomic E-state index is 12.7. The van der Waals surface area contributed by atoms with Crippen LogP contribution in [-0.4, -0.2) is 61.0 Å². The van der Waals surface area contributed by atoms with Crippen molar-refractivity contribution in [3.63, 3.8) is 0 Å². The van der Waals surface area contributed by atoms with Gasteiger partial charge in [-0.15, -0.1) is 12.4 Å². The Morgan fingerprint density at radius 3 is 2.55 bits per heavy atom. The molecule has 22 heavy (non-hydrogen) atoms. The van der Waals surface area contributed by atoms with Gasteiger partial charge in [-0.2, -0.15) is 0 Å². The molecule has 1 N–H and O–H groups in total. The maximum atomic E-state index is 12.7. The molecule has 1 amide bonds. The van der Waals surface area contributed by atoms with Crippen molar-refractivity contribution in [3.8, 4) is 0 Å². The molecule has 0 aliphatic carbocycles. The Balaban J connectivity index is 0.00000176. The van der Waals surface area contributed by atoms with Crippen molar-refractivity contribution in [2.75, 3.05) is 39.3 Å². The number of carbonyl (C=O) groups is 1. The smallest absolute Gasteiger partial charge is 0.254 e. The molecule has 3 rings (SSSR count). The number of aryl methyl sites for hydroxylation is 2. The molecule has 5 heteroatoms. The summed E-state index contributed by atoms with van der Waals surface area (Å²) < 4.78 is 0. The van der Waals surface area contributed by atoms with Gasteiger partial charge < -0.3 is 10.2 Å². The van der Waals surface area contributed by atoms with E-state index in [-0.39, 0.29) is 18.3 Å². The Labute approximate surface area is 139 Å². The minimum Gasteiger partial charge on any atom is -0.336 e. The van der Waals surface area contributed by atoms with E-state index in [1.54, 1.807) is 0 Å². The minimum absolute atomic E-state index is 0. The third kappa shape index (κ3) is 3.62. The van der Waals surface area contributed by atoms with Crippen molar-refractivity contribution in [2.45, 2.75) is 26.3 Å². The normalized spacial score (nSPS) is 22.5. The van der Waals surface area contributed by atoms with Gasteiger partial charge in [-0.05, 0) is 38.4 Å². The van der Waals surface area contributed by atoms with Gasteiger partial charge in [0, 0.05) is 44.3 Å². The average molecular weight is 324 g/mol. The molecule has 2 fully saturated rings. The predicted octanol–water partition coefficient (Wildman–Crippen LogP) is 1.84. The quantitative estimate of drug-likeness (QED) is 0.902. The van der Waals surface area contributed by atoms with Crippen LogP contribution in [-0.2, 0) is 0 Å². The number of benzene rings is 1. The van der Waals surface area contributed by atoms with Gasteiger partial charge in [-0.1, -0.05) is 17.7 Å². The van der Waals surface area contributed by atoms with Crippen molar-refractivity contribution in [3.05, 3.63) is 34.9 Å². The van der Waals surface area contributed by atoms with Crippen LogP contribution in [0.25, 0.3) is 0 Å². The van der Waals surface area contributed by atoms with Gasteiger partial charge in [0.15, 0.2) is 0 Å². The SMILES string of the molecule is Cc1ccc(C)c(C(=O)N2CCN(C3CCNC3)CC2)c1.Cl. The van der Waals surface area contributed by atoms with Gasteiger partial charge in [0.2, 0.25) is 0 Å². The lowest BCUT2D eigenvalue weighted by Crippen LogP contribution is -2.52. The fourth-order valence-electron chi connectivity index (χ4n) is 3.38. The molecule has 1 aromatic rings. The highest BCUT2D eigenvalue weighted by Crippen LogP contribution is 2.17. The number of nitrogens with one attached hydrogen (secondary N) is 1. The molecule has 122 valence electrons. The van der Waals surface area contributed by atoms with Crippen molar-refractivity contribution in [1.29, 1.82) is 0 Å². The van der Waals surface area contributed by atoms with Gasteiger partial charge in [-0.25, -0.2) is 0 Å². The summed E-state index contributed by atoms with van der Waals surface area (Å²) in [7, 11) is 0. The zero-order chi connectivity index (χ0) is 14.8. The van der Waals surface area contributed by atoms with Gasteiger partial charge in [0.1, 0.15) is 0 Å². The first-order chi connectivity index (χ1) is 10.1. The first kappa shape index (κ1) is 17.3. The standard InChI is InChI=1S/C17H25N3O.ClH/c1-13-3-4-14(2)16(11-13)17(21)20-9-7-19(8-10-20)15-5-6-18-12-15;/h3-4,11,15,18H,5-10,12H2,1-2H3;1H. The minimum atomic E-state index is 0. The largest absolute Gasteiger partial charge is 0.336 e. The maximum Gasteiger partial charge on any atom is 0.254 e. The first-order valence-corrected chi connectivity index (χ1v) is 7.96. The third-order valence-electron chi connectivity index (χ3n) is 4.78. The van der Waals surface area contributed by atoms with Crippen LogP contribution >= 0.6 is 12.4 Å². The molecular weight excluding hydrogens is 298 g/mol. The highest BCUT2D eigenvalue weighted by atomic mass is 35.5. The molecule has 2 aliphatic rings. The number of rotatable bonds is 2. The zero-order valence-corrected chi connectivity index (χ0v) is 14.3. The third-order valence-corrected chi connectivity index (χ3v) is 4.78. The van der Waals surface area contributed by atoms with Crippen LogP contribution in [0.2, 0.25) is 0 Å². The lowest BCUT2D eigenvalue weighted by Gasteiger charge is -2.38. The van der Waals surface area contributed by atoms with E-state index in [0.717, 1.165) is 56.0 Å². The Hall–Kier alpha value is -1.10. The zero-order valence-electron chi connectivity index (χ0n) is 13.5. The van der Waals surface area contributed by atoms with E-state index in [9.17, 15) is 4.79 Å². The van der Waals surface area contributed by atoms with Crippen LogP contribution in [0.5, 0.6) is 0 Å². The molecule has 1 aromatic carbocycles. The van der Waals surface area contributed by atoms with E-state index >= 15 is 0 Å². The lowest BCUT2D eigenvalue weighted by atomic mass is 10.0. The molecule has 0 radical (unpaired) electrons. The molecule has 2 aliphatic heterocycles. The molecule has 0 bridgehead atoms. The molecule has 0 saturated carbocycles. The van der Waals surface area contributed by atoms with Crippen molar-refractivity contribution >= 4 is 18.3 Å². The summed E-state index contributed by atoms with van der Waals surface area (Å²) in [4.78, 5) is 17.2. The van der Waals surface area contributed by atoms with Crippen LogP contribution in [0, 0.1) is 13.8 Å². The fourth-order valence-corrected chi connectivity index (χ4v) is 3.38. The highest BCUT2D eigenvalue weighted by molar-refractivity contribution is 5.95. The molecule has 1 atom stereocenters. The van der Waals surface area contributed by atoms with E-state index < -0.39 is 0 Å². The summed E-state index contributed by atoms with van der Waals surface area (Å²) >= 11 is 0. The topological polar surface area (TPSA) is 35.6 Å². The van der Waals surface area contributed by atoms with Crippen LogP contribution in [0.4, 0.5) is 0 Å². The number of amides is 1. The second kappa shape index (κ2) is 7.44. The van der Waals surface area contributed by atoms with Gasteiger partial charge >= 0.3 is 0 Å². The van der Waals surface area contributed by atoms with E-state index in [2.05, 4.69) is 16.3 Å². The molecule has 0 spiro atoms. The van der Waals surface area contributed by atoms with Gasteiger partial charge in [0.05, 0.1) is 0 Å². The molecule has 2 heterocycles. The molecule has 0 aromatic heterocycles. The highest BCUT2D eigenvalue weighted by Gasteiger charge is 2.28. The summed E-state index contributed by atoms with van der Waals surface area (Å²) in [5.74, 6) is 0.195.